The van der Waals surface area contributed by atoms with E-state index >= 15 is 0 Å². The highest BCUT2D eigenvalue weighted by Crippen LogP contribution is 2.23. The number of carboxylic acids is 1. The van der Waals surface area contributed by atoms with Gasteiger partial charge in [-0.25, -0.2) is 9.78 Å². The topological polar surface area (TPSA) is 79.7 Å². The second-order valence-electron chi connectivity index (χ2n) is 5.39. The molecule has 6 nitrogen and oxygen atoms in total. The zero-order valence-electron chi connectivity index (χ0n) is 12.9. The Morgan fingerprint density at radius 1 is 1.55 bits per heavy atom. The Bertz CT molecular complexity index is 531. The van der Waals surface area contributed by atoms with E-state index in [9.17, 15) is 14.7 Å². The van der Waals surface area contributed by atoms with Crippen molar-refractivity contribution in [2.45, 2.75) is 51.7 Å². The molecule has 0 saturated carbocycles. The summed E-state index contributed by atoms with van der Waals surface area (Å²) in [5.41, 5.74) is 0.686. The van der Waals surface area contributed by atoms with Gasteiger partial charge in [-0.2, -0.15) is 0 Å². The van der Waals surface area contributed by atoms with Crippen LogP contribution >= 0.6 is 11.3 Å². The molecule has 1 fully saturated rings. The van der Waals surface area contributed by atoms with Gasteiger partial charge in [-0.3, -0.25) is 4.79 Å². The molecule has 1 aliphatic heterocycles. The highest BCUT2D eigenvalue weighted by Gasteiger charge is 2.32. The molecule has 2 heterocycles. The summed E-state index contributed by atoms with van der Waals surface area (Å²) in [7, 11) is 0. The van der Waals surface area contributed by atoms with E-state index in [0.717, 1.165) is 17.8 Å². The summed E-state index contributed by atoms with van der Waals surface area (Å²) < 4.78 is 5.49. The Balaban J connectivity index is 2.00. The van der Waals surface area contributed by atoms with E-state index in [0.29, 0.717) is 25.3 Å². The summed E-state index contributed by atoms with van der Waals surface area (Å²) in [5.74, 6) is -1.08. The third-order valence-electron chi connectivity index (χ3n) is 3.77. The molecule has 1 amide bonds. The Labute approximate surface area is 134 Å². The number of rotatable bonds is 6. The Kier molecular flexibility index (Phi) is 5.90. The van der Waals surface area contributed by atoms with Gasteiger partial charge in [0.05, 0.1) is 12.1 Å². The molecule has 0 spiro atoms. The standard InChI is InChI=1S/C15H22N2O4S/c1-3-21-10(2)14-16-11(9-22-14)8-13(18)17-7-5-4-6-12(17)15(19)20/h9-10,12H,3-8H2,1-2H3,(H,19,20)/t10-,12-/m0/s1. The molecule has 0 aliphatic carbocycles. The number of carboxylic acid groups (broad SMARTS) is 1. The maximum absolute atomic E-state index is 12.4. The summed E-state index contributed by atoms with van der Waals surface area (Å²) in [5, 5.41) is 11.9. The lowest BCUT2D eigenvalue weighted by atomic mass is 10.0. The number of hydrogen-bond donors (Lipinski definition) is 1. The van der Waals surface area contributed by atoms with Gasteiger partial charge in [0.2, 0.25) is 5.91 Å². The van der Waals surface area contributed by atoms with Gasteiger partial charge in [-0.15, -0.1) is 11.3 Å². The molecule has 1 aliphatic rings. The van der Waals surface area contributed by atoms with Crippen LogP contribution in [0.1, 0.15) is 49.9 Å². The number of ether oxygens (including phenoxy) is 1. The maximum Gasteiger partial charge on any atom is 0.326 e. The van der Waals surface area contributed by atoms with Crippen molar-refractivity contribution in [2.24, 2.45) is 0 Å². The van der Waals surface area contributed by atoms with E-state index in [-0.39, 0.29) is 18.4 Å². The zero-order chi connectivity index (χ0) is 16.1. The first-order valence-electron chi connectivity index (χ1n) is 7.61. The van der Waals surface area contributed by atoms with Crippen molar-refractivity contribution in [2.75, 3.05) is 13.2 Å². The highest BCUT2D eigenvalue weighted by molar-refractivity contribution is 7.09. The summed E-state index contributed by atoms with van der Waals surface area (Å²) >= 11 is 1.47. The Hall–Kier alpha value is -1.47. The van der Waals surface area contributed by atoms with E-state index in [1.165, 1.54) is 16.2 Å². The monoisotopic (exact) mass is 326 g/mol. The van der Waals surface area contributed by atoms with Crippen molar-refractivity contribution in [3.8, 4) is 0 Å². The van der Waals surface area contributed by atoms with Crippen molar-refractivity contribution in [1.29, 1.82) is 0 Å². The number of aliphatic carboxylic acids is 1. The number of amides is 1. The van der Waals surface area contributed by atoms with Crippen LogP contribution in [-0.4, -0.2) is 46.1 Å². The summed E-state index contributed by atoms with van der Waals surface area (Å²) in [6.45, 7) is 4.99. The van der Waals surface area contributed by atoms with Gasteiger partial charge in [-0.05, 0) is 33.1 Å². The quantitative estimate of drug-likeness (QED) is 0.867. The molecule has 1 aromatic heterocycles. The van der Waals surface area contributed by atoms with Gasteiger partial charge in [0.25, 0.3) is 0 Å². The van der Waals surface area contributed by atoms with Crippen molar-refractivity contribution in [3.63, 3.8) is 0 Å². The fraction of sp³-hybridized carbons (Fsp3) is 0.667. The summed E-state index contributed by atoms with van der Waals surface area (Å²) in [6.07, 6.45) is 2.32. The molecule has 122 valence electrons. The van der Waals surface area contributed by atoms with Crippen LogP contribution in [0.15, 0.2) is 5.38 Å². The third kappa shape index (κ3) is 4.04. The van der Waals surface area contributed by atoms with Crippen molar-refractivity contribution >= 4 is 23.2 Å². The molecule has 1 aromatic rings. The fourth-order valence-corrected chi connectivity index (χ4v) is 3.48. The summed E-state index contributed by atoms with van der Waals surface area (Å²) in [6, 6.07) is -0.693. The number of carbonyl (C=O) groups excluding carboxylic acids is 1. The first-order valence-corrected chi connectivity index (χ1v) is 8.49. The molecule has 22 heavy (non-hydrogen) atoms. The SMILES string of the molecule is CCO[C@@H](C)c1nc(CC(=O)N2CCCC[C@H]2C(=O)O)cs1. The molecule has 0 bridgehead atoms. The number of piperidine rings is 1. The highest BCUT2D eigenvalue weighted by atomic mass is 32.1. The Morgan fingerprint density at radius 2 is 2.32 bits per heavy atom. The van der Waals surface area contributed by atoms with Gasteiger partial charge < -0.3 is 14.7 Å². The summed E-state index contributed by atoms with van der Waals surface area (Å²) in [4.78, 5) is 29.6. The normalized spacial score (nSPS) is 19.9. The molecule has 2 atom stereocenters. The minimum absolute atomic E-state index is 0.0828. The van der Waals surface area contributed by atoms with E-state index < -0.39 is 12.0 Å². The second-order valence-corrected chi connectivity index (χ2v) is 6.28. The minimum atomic E-state index is -0.919. The molecular weight excluding hydrogens is 304 g/mol. The number of hydrogen-bond acceptors (Lipinski definition) is 5. The van der Waals surface area contributed by atoms with Gasteiger partial charge in [0.1, 0.15) is 17.2 Å². The van der Waals surface area contributed by atoms with E-state index in [4.69, 9.17) is 4.74 Å². The van der Waals surface area contributed by atoms with Gasteiger partial charge >= 0.3 is 5.97 Å². The number of aromatic nitrogens is 1. The molecule has 1 N–H and O–H groups in total. The first-order chi connectivity index (χ1) is 10.5. The smallest absolute Gasteiger partial charge is 0.326 e. The number of carbonyl (C=O) groups is 2. The van der Waals surface area contributed by atoms with E-state index in [1.807, 2.05) is 19.2 Å². The van der Waals surface area contributed by atoms with Crippen molar-refractivity contribution < 1.29 is 19.4 Å². The lowest BCUT2D eigenvalue weighted by Crippen LogP contribution is -2.48. The lowest BCUT2D eigenvalue weighted by molar-refractivity contribution is -0.151. The van der Waals surface area contributed by atoms with Gasteiger partial charge in [0.15, 0.2) is 0 Å². The van der Waals surface area contributed by atoms with Crippen molar-refractivity contribution in [3.05, 3.63) is 16.1 Å². The zero-order valence-corrected chi connectivity index (χ0v) is 13.8. The molecule has 0 aromatic carbocycles. The fourth-order valence-electron chi connectivity index (χ4n) is 2.66. The van der Waals surface area contributed by atoms with Crippen LogP contribution in [0.3, 0.4) is 0 Å². The number of nitrogens with zero attached hydrogens (tertiary/aromatic N) is 2. The average molecular weight is 326 g/mol. The predicted octanol–water partition coefficient (Wildman–Crippen LogP) is 2.25. The van der Waals surface area contributed by atoms with Crippen LogP contribution in [0, 0.1) is 0 Å². The van der Waals surface area contributed by atoms with Crippen LogP contribution in [-0.2, 0) is 20.7 Å². The second kappa shape index (κ2) is 7.69. The third-order valence-corrected chi connectivity index (χ3v) is 4.83. The Morgan fingerprint density at radius 3 is 3.00 bits per heavy atom. The maximum atomic E-state index is 12.4. The first kappa shape index (κ1) is 16.9. The van der Waals surface area contributed by atoms with Crippen LogP contribution in [0.2, 0.25) is 0 Å². The molecule has 1 saturated heterocycles. The van der Waals surface area contributed by atoms with Gasteiger partial charge in [-0.1, -0.05) is 0 Å². The van der Waals surface area contributed by atoms with E-state index in [2.05, 4.69) is 4.98 Å². The van der Waals surface area contributed by atoms with Crippen LogP contribution in [0.25, 0.3) is 0 Å². The van der Waals surface area contributed by atoms with Crippen LogP contribution in [0.4, 0.5) is 0 Å². The largest absolute Gasteiger partial charge is 0.480 e. The van der Waals surface area contributed by atoms with Gasteiger partial charge in [0, 0.05) is 18.5 Å². The number of likely N-dealkylation sites (tertiary alicyclic amines) is 1. The van der Waals surface area contributed by atoms with E-state index in [1.54, 1.807) is 0 Å². The van der Waals surface area contributed by atoms with Crippen molar-refractivity contribution in [1.82, 2.24) is 9.88 Å². The van der Waals surface area contributed by atoms with Crippen LogP contribution < -0.4 is 0 Å². The molecule has 2 rings (SSSR count). The molecule has 0 radical (unpaired) electrons. The molecular formula is C15H22N2O4S. The van der Waals surface area contributed by atoms with Crippen LogP contribution in [0.5, 0.6) is 0 Å². The molecule has 7 heteroatoms. The lowest BCUT2D eigenvalue weighted by Gasteiger charge is -2.32. The minimum Gasteiger partial charge on any atom is -0.480 e. The predicted molar refractivity (Wildman–Crippen MR) is 82.8 cm³/mol. The average Bonchev–Trinajstić information content (AvgIpc) is 2.96. The molecule has 0 unspecified atom stereocenters. The number of thiazole rings is 1.